The van der Waals surface area contributed by atoms with Gasteiger partial charge in [-0.3, -0.25) is 9.59 Å². The SMILES string of the molecule is C=CCSc1nnc(NC(=O)C2CC(=O)N(c3cccc(C)c3C)C2)s1. The number of aromatic nitrogens is 2. The molecule has 6 nitrogen and oxygen atoms in total. The molecule has 1 N–H and O–H groups in total. The van der Waals surface area contributed by atoms with Crippen LogP contribution in [0, 0.1) is 19.8 Å². The van der Waals surface area contributed by atoms with Crippen molar-refractivity contribution in [2.75, 3.05) is 22.5 Å². The van der Waals surface area contributed by atoms with E-state index in [9.17, 15) is 9.59 Å². The maximum atomic E-state index is 12.5. The third-order valence-electron chi connectivity index (χ3n) is 4.32. The molecule has 1 atom stereocenters. The van der Waals surface area contributed by atoms with Gasteiger partial charge in [-0.1, -0.05) is 41.3 Å². The second-order valence-corrected chi connectivity index (χ2v) is 8.33. The second kappa shape index (κ2) is 8.01. The van der Waals surface area contributed by atoms with Crippen LogP contribution in [0.2, 0.25) is 0 Å². The Bertz CT molecular complexity index is 849. The third-order valence-corrected chi connectivity index (χ3v) is 6.29. The number of hydrogen-bond acceptors (Lipinski definition) is 6. The predicted octanol–water partition coefficient (Wildman–Crippen LogP) is 3.42. The summed E-state index contributed by atoms with van der Waals surface area (Å²) in [7, 11) is 0. The van der Waals surface area contributed by atoms with Crippen LogP contribution in [0.3, 0.4) is 0 Å². The summed E-state index contributed by atoms with van der Waals surface area (Å²) in [6.07, 6.45) is 1.99. The monoisotopic (exact) mass is 388 g/mol. The summed E-state index contributed by atoms with van der Waals surface area (Å²) in [6.45, 7) is 8.05. The van der Waals surface area contributed by atoms with Gasteiger partial charge in [0.1, 0.15) is 0 Å². The maximum absolute atomic E-state index is 12.5. The van der Waals surface area contributed by atoms with E-state index < -0.39 is 5.92 Å². The number of rotatable bonds is 6. The van der Waals surface area contributed by atoms with E-state index in [1.165, 1.54) is 23.1 Å². The molecule has 0 bridgehead atoms. The van der Waals surface area contributed by atoms with Crippen LogP contribution in [0.5, 0.6) is 0 Å². The number of carbonyl (C=O) groups excluding carboxylic acids is 2. The molecule has 0 saturated carbocycles. The lowest BCUT2D eigenvalue weighted by molar-refractivity contribution is -0.122. The molecule has 1 aromatic heterocycles. The van der Waals surface area contributed by atoms with Gasteiger partial charge < -0.3 is 10.2 Å². The summed E-state index contributed by atoms with van der Waals surface area (Å²) in [5.74, 6) is 0.126. The minimum atomic E-state index is -0.393. The van der Waals surface area contributed by atoms with Crippen LogP contribution in [0.4, 0.5) is 10.8 Å². The molecule has 2 aromatic rings. The van der Waals surface area contributed by atoms with E-state index in [0.29, 0.717) is 11.7 Å². The minimum absolute atomic E-state index is 0.0293. The van der Waals surface area contributed by atoms with Gasteiger partial charge in [-0.2, -0.15) is 0 Å². The Kier molecular flexibility index (Phi) is 5.73. The van der Waals surface area contributed by atoms with Crippen molar-refractivity contribution < 1.29 is 9.59 Å². The summed E-state index contributed by atoms with van der Waals surface area (Å²) < 4.78 is 0.778. The van der Waals surface area contributed by atoms with Gasteiger partial charge in [-0.15, -0.1) is 16.8 Å². The van der Waals surface area contributed by atoms with Crippen LogP contribution in [0.25, 0.3) is 0 Å². The first-order valence-corrected chi connectivity index (χ1v) is 10.0. The van der Waals surface area contributed by atoms with Crippen molar-refractivity contribution >= 4 is 45.7 Å². The largest absolute Gasteiger partial charge is 0.311 e. The third kappa shape index (κ3) is 3.96. The van der Waals surface area contributed by atoms with E-state index in [1.807, 2.05) is 32.0 Å². The van der Waals surface area contributed by atoms with Gasteiger partial charge in [0.05, 0.1) is 5.92 Å². The number of nitrogens with zero attached hydrogens (tertiary/aromatic N) is 3. The Labute approximate surface area is 160 Å². The summed E-state index contributed by atoms with van der Waals surface area (Å²) >= 11 is 2.84. The summed E-state index contributed by atoms with van der Waals surface area (Å²) in [4.78, 5) is 26.7. The lowest BCUT2D eigenvalue weighted by Crippen LogP contribution is -2.28. The zero-order valence-electron chi connectivity index (χ0n) is 14.7. The molecular formula is C18H20N4O2S2. The molecule has 1 saturated heterocycles. The second-order valence-electron chi connectivity index (χ2n) is 6.09. The fraction of sp³-hybridized carbons (Fsp3) is 0.333. The van der Waals surface area contributed by atoms with E-state index in [0.717, 1.165) is 26.9 Å². The molecule has 1 unspecified atom stereocenters. The van der Waals surface area contributed by atoms with Gasteiger partial charge in [-0.25, -0.2) is 0 Å². The highest BCUT2D eigenvalue weighted by molar-refractivity contribution is 8.01. The Morgan fingerprint density at radius 1 is 1.46 bits per heavy atom. The lowest BCUT2D eigenvalue weighted by atomic mass is 10.1. The molecule has 1 aromatic carbocycles. The van der Waals surface area contributed by atoms with Crippen LogP contribution in [-0.2, 0) is 9.59 Å². The van der Waals surface area contributed by atoms with Gasteiger partial charge in [-0.05, 0) is 31.0 Å². The molecular weight excluding hydrogens is 368 g/mol. The average molecular weight is 389 g/mol. The van der Waals surface area contributed by atoms with E-state index >= 15 is 0 Å². The zero-order valence-corrected chi connectivity index (χ0v) is 16.3. The molecule has 1 aliphatic heterocycles. The summed E-state index contributed by atoms with van der Waals surface area (Å²) in [6, 6.07) is 5.87. The zero-order chi connectivity index (χ0) is 18.7. The first kappa shape index (κ1) is 18.6. The lowest BCUT2D eigenvalue weighted by Gasteiger charge is -2.20. The molecule has 0 spiro atoms. The van der Waals surface area contributed by atoms with Crippen molar-refractivity contribution in [2.24, 2.45) is 5.92 Å². The number of amides is 2. The predicted molar refractivity (Wildman–Crippen MR) is 106 cm³/mol. The fourth-order valence-electron chi connectivity index (χ4n) is 2.80. The number of anilines is 2. The number of thioether (sulfide) groups is 1. The first-order valence-electron chi connectivity index (χ1n) is 8.24. The Morgan fingerprint density at radius 3 is 3.04 bits per heavy atom. The summed E-state index contributed by atoms with van der Waals surface area (Å²) in [5.41, 5.74) is 3.07. The first-order chi connectivity index (χ1) is 12.5. The fourth-order valence-corrected chi connectivity index (χ4v) is 4.32. The van der Waals surface area contributed by atoms with Gasteiger partial charge in [0.15, 0.2) is 4.34 Å². The Hall–Kier alpha value is -2.19. The van der Waals surface area contributed by atoms with Crippen molar-refractivity contribution in [2.45, 2.75) is 24.6 Å². The summed E-state index contributed by atoms with van der Waals surface area (Å²) in [5, 5.41) is 11.3. The van der Waals surface area contributed by atoms with Crippen molar-refractivity contribution in [3.8, 4) is 0 Å². The standard InChI is InChI=1S/C18H20N4O2S2/c1-4-8-25-18-21-20-17(26-18)19-16(24)13-9-15(23)22(10-13)14-7-5-6-11(2)12(14)3/h4-7,13H,1,8-10H2,2-3H3,(H,19,20,24). The van der Waals surface area contributed by atoms with E-state index in [4.69, 9.17) is 0 Å². The smallest absolute Gasteiger partial charge is 0.231 e. The van der Waals surface area contributed by atoms with Gasteiger partial charge in [0, 0.05) is 24.4 Å². The highest BCUT2D eigenvalue weighted by Gasteiger charge is 2.36. The molecule has 8 heteroatoms. The van der Waals surface area contributed by atoms with Gasteiger partial charge >= 0.3 is 0 Å². The minimum Gasteiger partial charge on any atom is -0.311 e. The Balaban J connectivity index is 1.66. The van der Waals surface area contributed by atoms with Crippen LogP contribution >= 0.6 is 23.1 Å². The average Bonchev–Trinajstić information content (AvgIpc) is 3.22. The Morgan fingerprint density at radius 2 is 2.27 bits per heavy atom. The highest BCUT2D eigenvalue weighted by atomic mass is 32.2. The molecule has 2 heterocycles. The van der Waals surface area contributed by atoms with E-state index in [-0.39, 0.29) is 18.2 Å². The van der Waals surface area contributed by atoms with Gasteiger partial charge in [0.2, 0.25) is 16.9 Å². The van der Waals surface area contributed by atoms with Crippen molar-refractivity contribution in [3.05, 3.63) is 42.0 Å². The molecule has 136 valence electrons. The van der Waals surface area contributed by atoms with Crippen LogP contribution in [0.15, 0.2) is 35.2 Å². The number of aryl methyl sites for hydroxylation is 1. The number of carbonyl (C=O) groups is 2. The number of benzene rings is 1. The topological polar surface area (TPSA) is 75.2 Å². The van der Waals surface area contributed by atoms with E-state index in [1.54, 1.807) is 11.0 Å². The van der Waals surface area contributed by atoms with Crippen LogP contribution in [-0.4, -0.2) is 34.3 Å². The highest BCUT2D eigenvalue weighted by Crippen LogP contribution is 2.31. The molecule has 0 radical (unpaired) electrons. The molecule has 2 amide bonds. The maximum Gasteiger partial charge on any atom is 0.231 e. The molecule has 26 heavy (non-hydrogen) atoms. The molecule has 1 aliphatic rings. The van der Waals surface area contributed by atoms with E-state index in [2.05, 4.69) is 22.1 Å². The van der Waals surface area contributed by atoms with Crippen molar-refractivity contribution in [3.63, 3.8) is 0 Å². The normalized spacial score (nSPS) is 16.8. The quantitative estimate of drug-likeness (QED) is 0.466. The van der Waals surface area contributed by atoms with Crippen molar-refractivity contribution in [1.82, 2.24) is 10.2 Å². The molecule has 3 rings (SSSR count). The van der Waals surface area contributed by atoms with Gasteiger partial charge in [0.25, 0.3) is 0 Å². The van der Waals surface area contributed by atoms with Crippen molar-refractivity contribution in [1.29, 1.82) is 0 Å². The van der Waals surface area contributed by atoms with Crippen LogP contribution < -0.4 is 10.2 Å². The number of hydrogen-bond donors (Lipinski definition) is 1. The number of nitrogens with one attached hydrogen (secondary N) is 1. The molecule has 0 aliphatic carbocycles. The molecule has 1 fully saturated rings. The van der Waals surface area contributed by atoms with Crippen LogP contribution in [0.1, 0.15) is 17.5 Å².